The van der Waals surface area contributed by atoms with Gasteiger partial charge in [-0.2, -0.15) is 0 Å². The van der Waals surface area contributed by atoms with Gasteiger partial charge in [-0.3, -0.25) is 0 Å². The van der Waals surface area contributed by atoms with Gasteiger partial charge in [0.25, 0.3) is 0 Å². The third kappa shape index (κ3) is 2.08. The molecule has 1 aliphatic heterocycles. The first kappa shape index (κ1) is 17.3. The van der Waals surface area contributed by atoms with Crippen LogP contribution in [0, 0.1) is 0 Å². The molecule has 0 unspecified atom stereocenters. The Morgan fingerprint density at radius 3 is 1.36 bits per heavy atom. The van der Waals surface area contributed by atoms with E-state index in [0.717, 1.165) is 0 Å². The SMILES string of the molecule is CN1c2c(ccc3ccccc23)C(C)(C)C(C)(C)c2ccc3ccccc3c21. The predicted octanol–water partition coefficient (Wildman–Crippen LogP) is 7.33. The summed E-state index contributed by atoms with van der Waals surface area (Å²) in [6.45, 7) is 9.61. The predicted molar refractivity (Wildman–Crippen MR) is 122 cm³/mol. The summed E-state index contributed by atoms with van der Waals surface area (Å²) in [7, 11) is 2.24. The van der Waals surface area contributed by atoms with E-state index < -0.39 is 0 Å². The second kappa shape index (κ2) is 5.61. The van der Waals surface area contributed by atoms with Crippen LogP contribution in [0.15, 0.2) is 72.8 Å². The molecule has 140 valence electrons. The first-order valence-electron chi connectivity index (χ1n) is 10.1. The van der Waals surface area contributed by atoms with Crippen LogP contribution in [0.3, 0.4) is 0 Å². The standard InChI is InChI=1S/C27H27N/c1-26(2)22-16-14-18-10-6-8-12-20(18)24(22)28(5)25-21-13-9-7-11-19(21)15-17-23(25)27(26,3)4/h6-17H,1-5H3. The second-order valence-corrected chi connectivity index (χ2v) is 9.17. The number of fused-ring (bicyclic) bond motifs is 6. The zero-order valence-electron chi connectivity index (χ0n) is 17.4. The van der Waals surface area contributed by atoms with E-state index in [9.17, 15) is 0 Å². The molecule has 0 bridgehead atoms. The fourth-order valence-electron chi connectivity index (χ4n) is 5.03. The van der Waals surface area contributed by atoms with Gasteiger partial charge < -0.3 is 4.90 Å². The molecule has 28 heavy (non-hydrogen) atoms. The summed E-state index contributed by atoms with van der Waals surface area (Å²) in [4.78, 5) is 2.45. The van der Waals surface area contributed by atoms with Crippen LogP contribution < -0.4 is 4.90 Å². The highest BCUT2D eigenvalue weighted by molar-refractivity contribution is 6.05. The third-order valence-electron chi connectivity index (χ3n) is 7.38. The van der Waals surface area contributed by atoms with Gasteiger partial charge in [0.2, 0.25) is 0 Å². The van der Waals surface area contributed by atoms with Crippen LogP contribution in [0.4, 0.5) is 11.4 Å². The van der Waals surface area contributed by atoms with Crippen LogP contribution in [0.25, 0.3) is 21.5 Å². The van der Waals surface area contributed by atoms with Crippen molar-refractivity contribution >= 4 is 32.9 Å². The molecule has 0 saturated heterocycles. The lowest BCUT2D eigenvalue weighted by molar-refractivity contribution is 0.307. The maximum atomic E-state index is 2.45. The molecular weight excluding hydrogens is 338 g/mol. The first-order chi connectivity index (χ1) is 13.3. The molecule has 0 aliphatic carbocycles. The fraction of sp³-hybridized carbons (Fsp3) is 0.259. The van der Waals surface area contributed by atoms with Gasteiger partial charge in [0, 0.05) is 28.7 Å². The largest absolute Gasteiger partial charge is 0.343 e. The second-order valence-electron chi connectivity index (χ2n) is 9.17. The zero-order chi connectivity index (χ0) is 19.7. The van der Waals surface area contributed by atoms with E-state index in [2.05, 4.69) is 112 Å². The molecule has 1 aliphatic rings. The molecule has 5 rings (SSSR count). The Labute approximate surface area is 167 Å². The normalized spacial score (nSPS) is 17.2. The molecule has 0 atom stereocenters. The molecular formula is C27H27N. The van der Waals surface area contributed by atoms with E-state index in [1.807, 2.05) is 0 Å². The van der Waals surface area contributed by atoms with Crippen LogP contribution >= 0.6 is 0 Å². The highest BCUT2D eigenvalue weighted by Crippen LogP contribution is 2.56. The van der Waals surface area contributed by atoms with E-state index in [4.69, 9.17) is 0 Å². The van der Waals surface area contributed by atoms with Crippen LogP contribution in [0.5, 0.6) is 0 Å². The van der Waals surface area contributed by atoms with Crippen molar-refractivity contribution in [2.45, 2.75) is 38.5 Å². The molecule has 0 aromatic heterocycles. The summed E-state index contributed by atoms with van der Waals surface area (Å²) in [6, 6.07) is 26.8. The lowest BCUT2D eigenvalue weighted by atomic mass is 9.61. The van der Waals surface area contributed by atoms with Crippen molar-refractivity contribution < 1.29 is 0 Å². The molecule has 1 nitrogen and oxygen atoms in total. The van der Waals surface area contributed by atoms with E-state index in [1.165, 1.54) is 44.0 Å². The average molecular weight is 366 g/mol. The molecule has 4 aromatic carbocycles. The smallest absolute Gasteiger partial charge is 0.0526 e. The Morgan fingerprint density at radius 2 is 0.929 bits per heavy atom. The van der Waals surface area contributed by atoms with Gasteiger partial charge in [0.1, 0.15) is 0 Å². The van der Waals surface area contributed by atoms with Crippen LogP contribution in [-0.4, -0.2) is 7.05 Å². The summed E-state index contributed by atoms with van der Waals surface area (Å²) >= 11 is 0. The van der Waals surface area contributed by atoms with E-state index >= 15 is 0 Å². The molecule has 4 aromatic rings. The minimum atomic E-state index is -0.0195. The number of benzene rings is 4. The van der Waals surface area contributed by atoms with E-state index in [-0.39, 0.29) is 10.8 Å². The molecule has 0 amide bonds. The lowest BCUT2D eigenvalue weighted by Crippen LogP contribution is -2.39. The number of nitrogens with zero attached hydrogens (tertiary/aromatic N) is 1. The minimum absolute atomic E-state index is 0.0195. The molecule has 1 heterocycles. The van der Waals surface area contributed by atoms with Crippen molar-refractivity contribution in [3.05, 3.63) is 83.9 Å². The number of rotatable bonds is 0. The third-order valence-corrected chi connectivity index (χ3v) is 7.38. The molecule has 0 saturated carbocycles. The summed E-state index contributed by atoms with van der Waals surface area (Å²) < 4.78 is 0. The summed E-state index contributed by atoms with van der Waals surface area (Å²) in [5.74, 6) is 0. The number of anilines is 2. The van der Waals surface area contributed by atoms with E-state index in [0.29, 0.717) is 0 Å². The van der Waals surface area contributed by atoms with Gasteiger partial charge in [-0.25, -0.2) is 0 Å². The quantitative estimate of drug-likeness (QED) is 0.315. The zero-order valence-corrected chi connectivity index (χ0v) is 17.4. The maximum Gasteiger partial charge on any atom is 0.0526 e. The Balaban J connectivity index is 2.00. The average Bonchev–Trinajstić information content (AvgIpc) is 2.75. The molecule has 0 spiro atoms. The Hall–Kier alpha value is -2.80. The Morgan fingerprint density at radius 1 is 0.536 bits per heavy atom. The van der Waals surface area contributed by atoms with Crippen molar-refractivity contribution in [1.82, 2.24) is 0 Å². The van der Waals surface area contributed by atoms with Crippen molar-refractivity contribution in [2.24, 2.45) is 0 Å². The monoisotopic (exact) mass is 365 g/mol. The van der Waals surface area contributed by atoms with Gasteiger partial charge in [-0.15, -0.1) is 0 Å². The molecule has 0 fully saturated rings. The summed E-state index contributed by atoms with van der Waals surface area (Å²) in [6.07, 6.45) is 0. The van der Waals surface area contributed by atoms with Gasteiger partial charge in [-0.05, 0) is 21.9 Å². The van der Waals surface area contributed by atoms with Gasteiger partial charge in [0.15, 0.2) is 0 Å². The van der Waals surface area contributed by atoms with Gasteiger partial charge >= 0.3 is 0 Å². The Kier molecular flexibility index (Phi) is 3.47. The van der Waals surface area contributed by atoms with Crippen LogP contribution in [0.2, 0.25) is 0 Å². The van der Waals surface area contributed by atoms with Crippen LogP contribution in [0.1, 0.15) is 38.8 Å². The molecule has 0 N–H and O–H groups in total. The van der Waals surface area contributed by atoms with Gasteiger partial charge in [-0.1, -0.05) is 100 Å². The van der Waals surface area contributed by atoms with Gasteiger partial charge in [0.05, 0.1) is 11.4 Å². The maximum absolute atomic E-state index is 2.45. The van der Waals surface area contributed by atoms with E-state index in [1.54, 1.807) is 0 Å². The molecule has 0 radical (unpaired) electrons. The van der Waals surface area contributed by atoms with Crippen LogP contribution in [-0.2, 0) is 10.8 Å². The minimum Gasteiger partial charge on any atom is -0.343 e. The highest BCUT2D eigenvalue weighted by atomic mass is 15.1. The fourth-order valence-corrected chi connectivity index (χ4v) is 5.03. The van der Waals surface area contributed by atoms with Crippen molar-refractivity contribution in [1.29, 1.82) is 0 Å². The molecule has 1 heteroatoms. The Bertz CT molecular complexity index is 1130. The highest BCUT2D eigenvalue weighted by Gasteiger charge is 2.46. The number of hydrogen-bond acceptors (Lipinski definition) is 1. The van der Waals surface area contributed by atoms with Crippen molar-refractivity contribution in [3.63, 3.8) is 0 Å². The first-order valence-corrected chi connectivity index (χ1v) is 10.1. The summed E-state index contributed by atoms with van der Waals surface area (Å²) in [5.41, 5.74) is 5.47. The van der Waals surface area contributed by atoms with Crippen molar-refractivity contribution in [2.75, 3.05) is 11.9 Å². The lowest BCUT2D eigenvalue weighted by Gasteiger charge is -2.42. The topological polar surface area (TPSA) is 3.24 Å². The summed E-state index contributed by atoms with van der Waals surface area (Å²) in [5, 5.41) is 5.25. The number of hydrogen-bond donors (Lipinski definition) is 0. The van der Waals surface area contributed by atoms with Crippen molar-refractivity contribution in [3.8, 4) is 0 Å².